The minimum absolute atomic E-state index is 0.0370. The summed E-state index contributed by atoms with van der Waals surface area (Å²) in [5.41, 5.74) is 0.969. The largest absolute Gasteiger partial charge is 0.378 e. The van der Waals surface area contributed by atoms with Crippen LogP contribution in [0.15, 0.2) is 11.9 Å². The maximum Gasteiger partial charge on any atom is 0.153 e. The molecule has 0 radical (unpaired) electrons. The molecule has 1 atom stereocenters. The molecule has 0 bridgehead atoms. The van der Waals surface area contributed by atoms with Crippen LogP contribution in [0.5, 0.6) is 0 Å². The van der Waals surface area contributed by atoms with Crippen LogP contribution in [-0.4, -0.2) is 53.7 Å². The molecule has 4 nitrogen and oxygen atoms in total. The number of likely N-dealkylation sites (tertiary alicyclic amines) is 1. The third-order valence-corrected chi connectivity index (χ3v) is 3.70. The molecular formula is C14H26FNO3. The zero-order chi connectivity index (χ0) is 14.4. The number of hydrogen-bond acceptors (Lipinski definition) is 4. The summed E-state index contributed by atoms with van der Waals surface area (Å²) in [5, 5.41) is 16.4. The van der Waals surface area contributed by atoms with E-state index in [-0.39, 0.29) is 5.92 Å². The van der Waals surface area contributed by atoms with Gasteiger partial charge in [-0.3, -0.25) is 4.90 Å². The van der Waals surface area contributed by atoms with Crippen molar-refractivity contribution in [3.63, 3.8) is 0 Å². The summed E-state index contributed by atoms with van der Waals surface area (Å²) in [5.74, 6) is 0.337. The molecule has 0 aromatic carbocycles. The van der Waals surface area contributed by atoms with Gasteiger partial charge in [-0.15, -0.1) is 0 Å². The summed E-state index contributed by atoms with van der Waals surface area (Å²) >= 11 is 0. The van der Waals surface area contributed by atoms with Gasteiger partial charge in [0.2, 0.25) is 0 Å². The highest BCUT2D eigenvalue weighted by molar-refractivity contribution is 5.07. The van der Waals surface area contributed by atoms with Crippen molar-refractivity contribution >= 4 is 0 Å². The van der Waals surface area contributed by atoms with Crippen LogP contribution >= 0.6 is 0 Å². The molecule has 5 heteroatoms. The topological polar surface area (TPSA) is 52.9 Å². The lowest BCUT2D eigenvalue weighted by Crippen LogP contribution is -2.52. The molecule has 19 heavy (non-hydrogen) atoms. The molecule has 1 unspecified atom stereocenters. The van der Waals surface area contributed by atoms with Gasteiger partial charge in [-0.1, -0.05) is 20.8 Å². The number of hydrogen-bond donors (Lipinski definition) is 2. The second-order valence-electron chi connectivity index (χ2n) is 5.68. The van der Waals surface area contributed by atoms with Crippen LogP contribution in [-0.2, 0) is 4.74 Å². The zero-order valence-corrected chi connectivity index (χ0v) is 12.1. The first-order valence-corrected chi connectivity index (χ1v) is 6.92. The van der Waals surface area contributed by atoms with E-state index < -0.39 is 6.29 Å². The van der Waals surface area contributed by atoms with Crippen molar-refractivity contribution in [1.29, 1.82) is 0 Å². The van der Waals surface area contributed by atoms with Gasteiger partial charge >= 0.3 is 0 Å². The average molecular weight is 275 g/mol. The van der Waals surface area contributed by atoms with Gasteiger partial charge in [0, 0.05) is 19.0 Å². The van der Waals surface area contributed by atoms with Crippen LogP contribution in [0.1, 0.15) is 27.2 Å². The second-order valence-corrected chi connectivity index (χ2v) is 5.68. The number of piperidine rings is 1. The van der Waals surface area contributed by atoms with Crippen LogP contribution in [0.2, 0.25) is 0 Å². The SMILES string of the molecule is CC(C)C(O)O.CC1CN(C2COC2)CC/C1=C\F. The summed E-state index contributed by atoms with van der Waals surface area (Å²) in [6.07, 6.45) is 0.526. The Morgan fingerprint density at radius 3 is 2.26 bits per heavy atom. The number of ether oxygens (including phenoxy) is 1. The van der Waals surface area contributed by atoms with Crippen LogP contribution in [0.3, 0.4) is 0 Å². The maximum absolute atomic E-state index is 12.3. The van der Waals surface area contributed by atoms with Crippen LogP contribution in [0, 0.1) is 11.8 Å². The van der Waals surface area contributed by atoms with E-state index in [0.29, 0.717) is 12.0 Å². The number of aliphatic hydroxyl groups is 2. The van der Waals surface area contributed by atoms with Gasteiger partial charge in [-0.05, 0) is 17.9 Å². The predicted octanol–water partition coefficient (Wildman–Crippen LogP) is 1.53. The fourth-order valence-electron chi connectivity index (χ4n) is 2.01. The van der Waals surface area contributed by atoms with E-state index in [4.69, 9.17) is 14.9 Å². The minimum atomic E-state index is -1.15. The van der Waals surface area contributed by atoms with Crippen molar-refractivity contribution in [3.8, 4) is 0 Å². The Bertz CT molecular complexity index is 284. The monoisotopic (exact) mass is 275 g/mol. The summed E-state index contributed by atoms with van der Waals surface area (Å²) in [7, 11) is 0. The van der Waals surface area contributed by atoms with E-state index in [0.717, 1.165) is 44.6 Å². The second kappa shape index (κ2) is 7.94. The number of nitrogens with zero attached hydrogens (tertiary/aromatic N) is 1. The van der Waals surface area contributed by atoms with E-state index in [1.807, 2.05) is 0 Å². The normalized spacial score (nSPS) is 27.4. The lowest BCUT2D eigenvalue weighted by atomic mass is 9.93. The summed E-state index contributed by atoms with van der Waals surface area (Å²) in [6.45, 7) is 9.28. The molecule has 2 fully saturated rings. The first-order chi connectivity index (χ1) is 8.95. The van der Waals surface area contributed by atoms with Crippen molar-refractivity contribution in [2.24, 2.45) is 11.8 Å². The molecule has 0 spiro atoms. The van der Waals surface area contributed by atoms with Crippen molar-refractivity contribution < 1.29 is 19.3 Å². The molecule has 0 amide bonds. The number of rotatable bonds is 2. The Morgan fingerprint density at radius 1 is 1.37 bits per heavy atom. The molecule has 2 heterocycles. The third kappa shape index (κ3) is 5.18. The van der Waals surface area contributed by atoms with Crippen molar-refractivity contribution in [2.45, 2.75) is 39.5 Å². The van der Waals surface area contributed by atoms with Gasteiger partial charge in [0.25, 0.3) is 0 Å². The zero-order valence-electron chi connectivity index (χ0n) is 12.1. The van der Waals surface area contributed by atoms with E-state index in [1.165, 1.54) is 0 Å². The Labute approximate surface area is 114 Å². The molecule has 2 saturated heterocycles. The molecule has 0 aromatic heterocycles. The van der Waals surface area contributed by atoms with E-state index in [2.05, 4.69) is 11.8 Å². The van der Waals surface area contributed by atoms with E-state index >= 15 is 0 Å². The molecule has 0 saturated carbocycles. The molecular weight excluding hydrogens is 249 g/mol. The highest BCUT2D eigenvalue weighted by Crippen LogP contribution is 2.25. The number of aliphatic hydroxyl groups excluding tert-OH is 1. The highest BCUT2D eigenvalue weighted by Gasteiger charge is 2.30. The van der Waals surface area contributed by atoms with Gasteiger partial charge < -0.3 is 14.9 Å². The Hall–Kier alpha value is -0.490. The predicted molar refractivity (Wildman–Crippen MR) is 72.2 cm³/mol. The van der Waals surface area contributed by atoms with Crippen LogP contribution in [0.4, 0.5) is 4.39 Å². The summed E-state index contributed by atoms with van der Waals surface area (Å²) < 4.78 is 17.5. The molecule has 2 aliphatic heterocycles. The maximum atomic E-state index is 12.3. The lowest BCUT2D eigenvalue weighted by molar-refractivity contribution is -0.0731. The standard InChI is InChI=1S/C10H16FNO.C4H10O2/c1-8-5-12(10-6-13-7-10)3-2-9(8)4-11;1-3(2)4(5)6/h4,8,10H,2-3,5-7H2,1H3;3-6H,1-2H3/b9-4+;. The third-order valence-electron chi connectivity index (χ3n) is 3.70. The van der Waals surface area contributed by atoms with Crippen molar-refractivity contribution in [2.75, 3.05) is 26.3 Å². The molecule has 2 aliphatic rings. The van der Waals surface area contributed by atoms with E-state index in [1.54, 1.807) is 13.8 Å². The molecule has 2 N–H and O–H groups in total. The first-order valence-electron chi connectivity index (χ1n) is 6.92. The van der Waals surface area contributed by atoms with Crippen LogP contribution in [0.25, 0.3) is 0 Å². The summed E-state index contributed by atoms with van der Waals surface area (Å²) in [6, 6.07) is 0.601. The average Bonchev–Trinajstić information content (AvgIpc) is 2.27. The van der Waals surface area contributed by atoms with E-state index in [9.17, 15) is 4.39 Å². The Morgan fingerprint density at radius 2 is 1.95 bits per heavy atom. The van der Waals surface area contributed by atoms with Gasteiger partial charge in [-0.25, -0.2) is 4.39 Å². The van der Waals surface area contributed by atoms with Gasteiger partial charge in [0.1, 0.15) is 0 Å². The fraction of sp³-hybridized carbons (Fsp3) is 0.857. The molecule has 0 aliphatic carbocycles. The number of halogens is 1. The van der Waals surface area contributed by atoms with Crippen LogP contribution < -0.4 is 0 Å². The quantitative estimate of drug-likeness (QED) is 0.751. The van der Waals surface area contributed by atoms with Crippen molar-refractivity contribution in [1.82, 2.24) is 4.90 Å². The Balaban J connectivity index is 0.000000258. The lowest BCUT2D eigenvalue weighted by Gasteiger charge is -2.42. The fourth-order valence-corrected chi connectivity index (χ4v) is 2.01. The molecule has 2 rings (SSSR count). The van der Waals surface area contributed by atoms with Gasteiger partial charge in [0.05, 0.1) is 25.6 Å². The van der Waals surface area contributed by atoms with Crippen molar-refractivity contribution in [3.05, 3.63) is 11.9 Å². The highest BCUT2D eigenvalue weighted by atomic mass is 19.1. The van der Waals surface area contributed by atoms with Gasteiger partial charge in [-0.2, -0.15) is 0 Å². The van der Waals surface area contributed by atoms with Gasteiger partial charge in [0.15, 0.2) is 6.29 Å². The molecule has 0 aromatic rings. The molecule has 112 valence electrons. The first kappa shape index (κ1) is 16.6. The minimum Gasteiger partial charge on any atom is -0.378 e. The smallest absolute Gasteiger partial charge is 0.153 e. The summed E-state index contributed by atoms with van der Waals surface area (Å²) in [4.78, 5) is 2.42. The Kier molecular flexibility index (Phi) is 6.93.